The third kappa shape index (κ3) is 3.98. The number of anilines is 3. The number of rotatable bonds is 4. The fourth-order valence-corrected chi connectivity index (χ4v) is 7.59. The van der Waals surface area contributed by atoms with Gasteiger partial charge in [0, 0.05) is 44.5 Å². The Bertz CT molecular complexity index is 3130. The molecule has 0 spiro atoms. The molecule has 11 aromatic rings. The highest BCUT2D eigenvalue weighted by Gasteiger charge is 2.22. The summed E-state index contributed by atoms with van der Waals surface area (Å²) in [6.07, 6.45) is 0. The molecule has 50 heavy (non-hydrogen) atoms. The predicted octanol–water partition coefficient (Wildman–Crippen LogP) is 13.1. The van der Waals surface area contributed by atoms with Gasteiger partial charge in [0.25, 0.3) is 0 Å². The van der Waals surface area contributed by atoms with E-state index in [1.54, 1.807) is 0 Å². The Kier molecular flexibility index (Phi) is 5.60. The summed E-state index contributed by atoms with van der Waals surface area (Å²) >= 11 is 0. The molecule has 3 heterocycles. The lowest BCUT2D eigenvalue weighted by atomic mass is 10.0. The van der Waals surface area contributed by atoms with Crippen molar-refractivity contribution in [3.63, 3.8) is 0 Å². The largest absolute Gasteiger partial charge is 0.456 e. The van der Waals surface area contributed by atoms with E-state index in [-0.39, 0.29) is 0 Å². The Morgan fingerprint density at radius 3 is 1.98 bits per heavy atom. The van der Waals surface area contributed by atoms with Gasteiger partial charge in [-0.3, -0.25) is 0 Å². The molecule has 0 atom stereocenters. The van der Waals surface area contributed by atoms with Crippen LogP contribution in [0.2, 0.25) is 0 Å². The zero-order valence-electron chi connectivity index (χ0n) is 26.6. The molecule has 11 rings (SSSR count). The molecule has 0 fully saturated rings. The molecule has 0 saturated carbocycles. The maximum atomic E-state index is 6.62. The third-order valence-electron chi connectivity index (χ3n) is 9.87. The summed E-state index contributed by atoms with van der Waals surface area (Å²) in [5.41, 5.74) is 8.82. The zero-order valence-corrected chi connectivity index (χ0v) is 26.6. The molecule has 234 valence electrons. The Hall–Kier alpha value is -6.85. The van der Waals surface area contributed by atoms with Crippen LogP contribution < -0.4 is 4.90 Å². The standard InChI is InChI=1S/C45H26N2O3/c1-2-11-29-25-30(21-19-27(29)9-1)47(36-15-8-18-39-43(36)33-13-5-6-16-37(33)48-39)31-22-23-34-41(26-31)49-38-17-7-14-35(42(34)38)45-46-44-32-12-4-3-10-28(32)20-24-40(44)50-45/h1-26H. The number of nitrogens with zero attached hydrogens (tertiary/aromatic N) is 2. The van der Waals surface area contributed by atoms with Crippen LogP contribution in [0.3, 0.4) is 0 Å². The quantitative estimate of drug-likeness (QED) is 0.191. The summed E-state index contributed by atoms with van der Waals surface area (Å²) in [5.74, 6) is 0.574. The van der Waals surface area contributed by atoms with Crippen LogP contribution in [0.25, 0.3) is 88.0 Å². The first kappa shape index (κ1) is 27.1. The van der Waals surface area contributed by atoms with Crippen molar-refractivity contribution in [2.24, 2.45) is 0 Å². The molecule has 0 unspecified atom stereocenters. The molecule has 0 bridgehead atoms. The molecule has 3 aromatic heterocycles. The summed E-state index contributed by atoms with van der Waals surface area (Å²) in [4.78, 5) is 7.32. The zero-order chi connectivity index (χ0) is 32.8. The summed E-state index contributed by atoms with van der Waals surface area (Å²) in [7, 11) is 0. The van der Waals surface area contributed by atoms with E-state index in [2.05, 4.69) is 114 Å². The molecule has 8 aromatic carbocycles. The molecule has 5 heteroatoms. The van der Waals surface area contributed by atoms with Crippen molar-refractivity contribution in [1.82, 2.24) is 4.98 Å². The molecule has 5 nitrogen and oxygen atoms in total. The topological polar surface area (TPSA) is 55.6 Å². The third-order valence-corrected chi connectivity index (χ3v) is 9.87. The monoisotopic (exact) mass is 642 g/mol. The number of aromatic nitrogens is 1. The molecule has 0 saturated heterocycles. The Morgan fingerprint density at radius 2 is 1.06 bits per heavy atom. The lowest BCUT2D eigenvalue weighted by Crippen LogP contribution is -2.10. The molecule has 0 amide bonds. The smallest absolute Gasteiger partial charge is 0.228 e. The average molecular weight is 643 g/mol. The minimum absolute atomic E-state index is 0.574. The van der Waals surface area contributed by atoms with E-state index >= 15 is 0 Å². The number of oxazole rings is 1. The van der Waals surface area contributed by atoms with Crippen molar-refractivity contribution in [2.45, 2.75) is 0 Å². The molecular weight excluding hydrogens is 617 g/mol. The maximum absolute atomic E-state index is 6.62. The minimum Gasteiger partial charge on any atom is -0.456 e. The highest BCUT2D eigenvalue weighted by molar-refractivity contribution is 6.15. The van der Waals surface area contributed by atoms with E-state index in [4.69, 9.17) is 18.2 Å². The molecule has 0 aliphatic heterocycles. The van der Waals surface area contributed by atoms with Crippen LogP contribution in [-0.4, -0.2) is 4.98 Å². The van der Waals surface area contributed by atoms with E-state index in [0.29, 0.717) is 5.89 Å². The molecular formula is C45H26N2O3. The highest BCUT2D eigenvalue weighted by atomic mass is 16.4. The second-order valence-electron chi connectivity index (χ2n) is 12.7. The van der Waals surface area contributed by atoms with Gasteiger partial charge >= 0.3 is 0 Å². The fourth-order valence-electron chi connectivity index (χ4n) is 7.59. The van der Waals surface area contributed by atoms with Crippen LogP contribution in [0.1, 0.15) is 0 Å². The van der Waals surface area contributed by atoms with Gasteiger partial charge in [0.05, 0.1) is 11.1 Å². The van der Waals surface area contributed by atoms with Crippen LogP contribution in [0.15, 0.2) is 171 Å². The van der Waals surface area contributed by atoms with Crippen LogP contribution in [-0.2, 0) is 0 Å². The normalized spacial score (nSPS) is 12.0. The fraction of sp³-hybridized carbons (Fsp3) is 0. The van der Waals surface area contributed by atoms with E-state index in [1.165, 1.54) is 10.8 Å². The van der Waals surface area contributed by atoms with Crippen molar-refractivity contribution in [2.75, 3.05) is 4.90 Å². The first-order chi connectivity index (χ1) is 24.8. The molecule has 0 aliphatic carbocycles. The van der Waals surface area contributed by atoms with Gasteiger partial charge in [0.2, 0.25) is 5.89 Å². The Morgan fingerprint density at radius 1 is 0.400 bits per heavy atom. The number of para-hydroxylation sites is 1. The van der Waals surface area contributed by atoms with Crippen LogP contribution >= 0.6 is 0 Å². The van der Waals surface area contributed by atoms with Gasteiger partial charge in [-0.1, -0.05) is 91.0 Å². The first-order valence-corrected chi connectivity index (χ1v) is 16.7. The van der Waals surface area contributed by atoms with Gasteiger partial charge in [-0.15, -0.1) is 0 Å². The SMILES string of the molecule is c1ccc2cc(N(c3ccc4c(c3)oc3cccc(-c5nc6c(ccc7ccccc76)o5)c34)c3cccc4oc5ccccc5c34)ccc2c1. The molecule has 0 aliphatic rings. The number of hydrogen-bond donors (Lipinski definition) is 0. The van der Waals surface area contributed by atoms with Crippen molar-refractivity contribution in [3.8, 4) is 11.5 Å². The summed E-state index contributed by atoms with van der Waals surface area (Å²) in [6.45, 7) is 0. The maximum Gasteiger partial charge on any atom is 0.228 e. The van der Waals surface area contributed by atoms with Crippen molar-refractivity contribution >= 4 is 93.6 Å². The highest BCUT2D eigenvalue weighted by Crippen LogP contribution is 2.45. The summed E-state index contributed by atoms with van der Waals surface area (Å²) in [5, 5.41) is 8.67. The lowest BCUT2D eigenvalue weighted by Gasteiger charge is -2.26. The lowest BCUT2D eigenvalue weighted by molar-refractivity contribution is 0.620. The van der Waals surface area contributed by atoms with Crippen molar-refractivity contribution in [1.29, 1.82) is 0 Å². The van der Waals surface area contributed by atoms with Crippen molar-refractivity contribution in [3.05, 3.63) is 158 Å². The summed E-state index contributed by atoms with van der Waals surface area (Å²) in [6, 6.07) is 54.4. The van der Waals surface area contributed by atoms with Gasteiger partial charge in [0.1, 0.15) is 27.8 Å². The first-order valence-electron chi connectivity index (χ1n) is 16.7. The number of fused-ring (bicyclic) bond motifs is 10. The average Bonchev–Trinajstić information content (AvgIpc) is 3.88. The Labute approximate surface area is 285 Å². The van der Waals surface area contributed by atoms with Crippen LogP contribution in [0.5, 0.6) is 0 Å². The van der Waals surface area contributed by atoms with E-state index in [0.717, 1.165) is 88.4 Å². The van der Waals surface area contributed by atoms with Crippen LogP contribution in [0.4, 0.5) is 17.1 Å². The number of hydrogen-bond acceptors (Lipinski definition) is 5. The molecule has 0 radical (unpaired) electrons. The van der Waals surface area contributed by atoms with E-state index in [9.17, 15) is 0 Å². The number of furan rings is 2. The van der Waals surface area contributed by atoms with E-state index < -0.39 is 0 Å². The van der Waals surface area contributed by atoms with Crippen molar-refractivity contribution < 1.29 is 13.3 Å². The second kappa shape index (κ2) is 10.3. The van der Waals surface area contributed by atoms with E-state index in [1.807, 2.05) is 48.5 Å². The summed E-state index contributed by atoms with van der Waals surface area (Å²) < 4.78 is 19.4. The van der Waals surface area contributed by atoms with Gasteiger partial charge in [-0.25, -0.2) is 4.98 Å². The molecule has 0 N–H and O–H groups in total. The Balaban J connectivity index is 1.13. The van der Waals surface area contributed by atoms with Gasteiger partial charge in [-0.05, 0) is 76.8 Å². The van der Waals surface area contributed by atoms with Gasteiger partial charge < -0.3 is 18.2 Å². The van der Waals surface area contributed by atoms with Gasteiger partial charge in [0.15, 0.2) is 5.58 Å². The predicted molar refractivity (Wildman–Crippen MR) is 204 cm³/mol. The van der Waals surface area contributed by atoms with Crippen LogP contribution in [0, 0.1) is 0 Å². The second-order valence-corrected chi connectivity index (χ2v) is 12.7. The number of benzene rings is 8. The van der Waals surface area contributed by atoms with Gasteiger partial charge in [-0.2, -0.15) is 0 Å². The minimum atomic E-state index is 0.574.